The molecule has 2 amide bonds. The molecule has 7 heteroatoms. The van der Waals surface area contributed by atoms with Gasteiger partial charge in [0, 0.05) is 0 Å². The molecule has 1 heterocycles. The van der Waals surface area contributed by atoms with Crippen LogP contribution in [0.2, 0.25) is 0 Å². The van der Waals surface area contributed by atoms with Crippen LogP contribution in [0.4, 0.5) is 24.5 Å². The highest BCUT2D eigenvalue weighted by Gasteiger charge is 2.55. The summed E-state index contributed by atoms with van der Waals surface area (Å²) in [7, 11) is 0. The van der Waals surface area contributed by atoms with Crippen LogP contribution in [0.1, 0.15) is 19.3 Å². The molecule has 3 rings (SSSR count). The SMILES string of the molecule is O=C(C(F)F)N1c2ccc(F)cc2NC(=O)C12CCC2. The number of nitrogens with zero attached hydrogens (tertiary/aromatic N) is 1. The maximum atomic E-state index is 13.2. The van der Waals surface area contributed by atoms with E-state index in [0.717, 1.165) is 17.0 Å². The van der Waals surface area contributed by atoms with Gasteiger partial charge in [-0.25, -0.2) is 4.39 Å². The lowest BCUT2D eigenvalue weighted by Gasteiger charge is -2.51. The van der Waals surface area contributed by atoms with E-state index in [0.29, 0.717) is 19.3 Å². The normalized spacial score (nSPS) is 19.6. The van der Waals surface area contributed by atoms with Gasteiger partial charge in [-0.2, -0.15) is 8.78 Å². The van der Waals surface area contributed by atoms with Crippen LogP contribution in [0.3, 0.4) is 0 Å². The average Bonchev–Trinajstić information content (AvgIpc) is 2.33. The van der Waals surface area contributed by atoms with Gasteiger partial charge in [0.1, 0.15) is 11.4 Å². The van der Waals surface area contributed by atoms with Crippen LogP contribution in [-0.4, -0.2) is 23.8 Å². The predicted octanol–water partition coefficient (Wildman–Crippen LogP) is 2.30. The Morgan fingerprint density at radius 1 is 1.35 bits per heavy atom. The van der Waals surface area contributed by atoms with Gasteiger partial charge in [-0.15, -0.1) is 0 Å². The van der Waals surface area contributed by atoms with Gasteiger partial charge < -0.3 is 5.32 Å². The molecule has 4 nitrogen and oxygen atoms in total. The molecular formula is C13H11F3N2O2. The molecule has 0 radical (unpaired) electrons. The molecule has 1 fully saturated rings. The summed E-state index contributed by atoms with van der Waals surface area (Å²) in [6.07, 6.45) is -1.88. The van der Waals surface area contributed by atoms with Gasteiger partial charge >= 0.3 is 6.43 Å². The Bertz CT molecular complexity index is 599. The predicted molar refractivity (Wildman–Crippen MR) is 65.1 cm³/mol. The van der Waals surface area contributed by atoms with Gasteiger partial charge in [-0.1, -0.05) is 0 Å². The van der Waals surface area contributed by atoms with Crippen molar-refractivity contribution in [1.82, 2.24) is 0 Å². The van der Waals surface area contributed by atoms with E-state index < -0.39 is 29.6 Å². The minimum atomic E-state index is -3.21. The molecule has 1 aromatic carbocycles. The lowest BCUT2D eigenvalue weighted by Crippen LogP contribution is -2.66. The number of hydrogen-bond donors (Lipinski definition) is 1. The fraction of sp³-hybridized carbons (Fsp3) is 0.385. The maximum absolute atomic E-state index is 13.2. The minimum absolute atomic E-state index is 0.0431. The Morgan fingerprint density at radius 2 is 2.05 bits per heavy atom. The molecule has 106 valence electrons. The molecule has 1 aromatic rings. The molecule has 1 aliphatic heterocycles. The monoisotopic (exact) mass is 284 g/mol. The number of nitrogens with one attached hydrogen (secondary N) is 1. The van der Waals surface area contributed by atoms with Crippen LogP contribution in [0.25, 0.3) is 0 Å². The molecule has 20 heavy (non-hydrogen) atoms. The van der Waals surface area contributed by atoms with Gasteiger partial charge in [-0.3, -0.25) is 14.5 Å². The third-order valence-electron chi connectivity index (χ3n) is 3.89. The molecule has 0 saturated heterocycles. The topological polar surface area (TPSA) is 49.4 Å². The number of carbonyl (C=O) groups excluding carboxylic acids is 2. The van der Waals surface area contributed by atoms with Gasteiger partial charge in [-0.05, 0) is 37.5 Å². The third kappa shape index (κ3) is 1.62. The first-order chi connectivity index (χ1) is 9.45. The first-order valence-corrected chi connectivity index (χ1v) is 6.19. The number of anilines is 2. The number of rotatable bonds is 1. The molecule has 0 unspecified atom stereocenters. The summed E-state index contributed by atoms with van der Waals surface area (Å²) in [5.74, 6) is -2.57. The highest BCUT2D eigenvalue weighted by Crippen LogP contribution is 2.47. The van der Waals surface area contributed by atoms with Gasteiger partial charge in [0.05, 0.1) is 11.4 Å². The van der Waals surface area contributed by atoms with E-state index in [2.05, 4.69) is 5.32 Å². The number of fused-ring (bicyclic) bond motifs is 1. The molecule has 1 saturated carbocycles. The number of amides is 2. The van der Waals surface area contributed by atoms with Crippen LogP contribution < -0.4 is 10.2 Å². The number of halogens is 3. The first kappa shape index (κ1) is 13.0. The molecule has 0 bridgehead atoms. The number of benzene rings is 1. The van der Waals surface area contributed by atoms with Crippen LogP contribution >= 0.6 is 0 Å². The number of alkyl halides is 2. The Kier molecular flexibility index (Phi) is 2.74. The van der Waals surface area contributed by atoms with Crippen molar-refractivity contribution in [3.05, 3.63) is 24.0 Å². The fourth-order valence-corrected chi connectivity index (χ4v) is 2.76. The molecule has 1 N–H and O–H groups in total. The van der Waals surface area contributed by atoms with E-state index in [-0.39, 0.29) is 11.4 Å². The first-order valence-electron chi connectivity index (χ1n) is 6.19. The van der Waals surface area contributed by atoms with Crippen LogP contribution in [0.5, 0.6) is 0 Å². The van der Waals surface area contributed by atoms with E-state index in [1.54, 1.807) is 0 Å². The number of hydrogen-bond acceptors (Lipinski definition) is 2. The molecule has 0 aromatic heterocycles. The van der Waals surface area contributed by atoms with E-state index in [1.165, 1.54) is 6.07 Å². The van der Waals surface area contributed by atoms with Gasteiger partial charge in [0.2, 0.25) is 0 Å². The van der Waals surface area contributed by atoms with Crippen LogP contribution in [0.15, 0.2) is 18.2 Å². The zero-order valence-electron chi connectivity index (χ0n) is 10.3. The summed E-state index contributed by atoms with van der Waals surface area (Å²) in [6, 6.07) is 3.34. The van der Waals surface area contributed by atoms with Gasteiger partial charge in [0.25, 0.3) is 11.8 Å². The highest BCUT2D eigenvalue weighted by atomic mass is 19.3. The zero-order valence-corrected chi connectivity index (χ0v) is 10.3. The molecule has 2 aliphatic rings. The second-order valence-electron chi connectivity index (χ2n) is 4.98. The largest absolute Gasteiger partial charge is 0.322 e. The maximum Gasteiger partial charge on any atom is 0.316 e. The Hall–Kier alpha value is -2.05. The summed E-state index contributed by atoms with van der Waals surface area (Å²) in [5, 5.41) is 2.50. The summed E-state index contributed by atoms with van der Waals surface area (Å²) in [6.45, 7) is 0. The summed E-state index contributed by atoms with van der Waals surface area (Å²) in [5.41, 5.74) is -1.09. The van der Waals surface area contributed by atoms with Crippen molar-refractivity contribution in [2.75, 3.05) is 10.2 Å². The Morgan fingerprint density at radius 3 is 2.60 bits per heavy atom. The second kappa shape index (κ2) is 4.22. The average molecular weight is 284 g/mol. The molecule has 1 aliphatic carbocycles. The van der Waals surface area contributed by atoms with Crippen LogP contribution in [0, 0.1) is 5.82 Å². The zero-order chi connectivity index (χ0) is 14.5. The Labute approximate surface area is 112 Å². The van der Waals surface area contributed by atoms with E-state index in [4.69, 9.17) is 0 Å². The van der Waals surface area contributed by atoms with Crippen molar-refractivity contribution in [1.29, 1.82) is 0 Å². The standard InChI is InChI=1S/C13H11F3N2O2/c14-7-2-3-9-8(6-7)17-12(20)13(4-1-5-13)18(9)11(19)10(15)16/h2-3,6,10H,1,4-5H2,(H,17,20). The van der Waals surface area contributed by atoms with Crippen molar-refractivity contribution in [2.45, 2.75) is 31.2 Å². The van der Waals surface area contributed by atoms with Crippen molar-refractivity contribution in [3.8, 4) is 0 Å². The van der Waals surface area contributed by atoms with Crippen molar-refractivity contribution >= 4 is 23.2 Å². The number of carbonyl (C=O) groups is 2. The minimum Gasteiger partial charge on any atom is -0.322 e. The van der Waals surface area contributed by atoms with Gasteiger partial charge in [0.15, 0.2) is 0 Å². The lowest BCUT2D eigenvalue weighted by molar-refractivity contribution is -0.136. The molecule has 1 spiro atoms. The summed E-state index contributed by atoms with van der Waals surface area (Å²) in [4.78, 5) is 24.8. The van der Waals surface area contributed by atoms with E-state index in [1.807, 2.05) is 0 Å². The van der Waals surface area contributed by atoms with Crippen molar-refractivity contribution in [2.24, 2.45) is 0 Å². The quantitative estimate of drug-likeness (QED) is 0.860. The van der Waals surface area contributed by atoms with Crippen molar-refractivity contribution in [3.63, 3.8) is 0 Å². The third-order valence-corrected chi connectivity index (χ3v) is 3.89. The van der Waals surface area contributed by atoms with Crippen LogP contribution in [-0.2, 0) is 9.59 Å². The smallest absolute Gasteiger partial charge is 0.316 e. The molecule has 0 atom stereocenters. The fourth-order valence-electron chi connectivity index (χ4n) is 2.76. The summed E-state index contributed by atoms with van der Waals surface area (Å²) >= 11 is 0. The van der Waals surface area contributed by atoms with E-state index in [9.17, 15) is 22.8 Å². The summed E-state index contributed by atoms with van der Waals surface area (Å²) < 4.78 is 38.8. The Balaban J connectivity index is 2.15. The second-order valence-corrected chi connectivity index (χ2v) is 4.98. The lowest BCUT2D eigenvalue weighted by atomic mass is 9.73. The molecular weight excluding hydrogens is 273 g/mol. The highest BCUT2D eigenvalue weighted by molar-refractivity contribution is 6.15. The van der Waals surface area contributed by atoms with E-state index >= 15 is 0 Å². The van der Waals surface area contributed by atoms with Crippen molar-refractivity contribution < 1.29 is 22.8 Å².